The number of methoxy groups -OCH3 is 1. The zero-order valence-electron chi connectivity index (χ0n) is 13.6. The number of nitrogens with zero attached hydrogens (tertiary/aromatic N) is 1. The van der Waals surface area contributed by atoms with Crippen molar-refractivity contribution >= 4 is 23.4 Å². The molecule has 126 valence electrons. The van der Waals surface area contributed by atoms with Crippen LogP contribution in [-0.4, -0.2) is 18.8 Å². The minimum absolute atomic E-state index is 0.118. The number of anilines is 1. The number of hydrogen-bond donors (Lipinski definition) is 0. The van der Waals surface area contributed by atoms with E-state index in [1.165, 1.54) is 37.1 Å². The molecule has 0 bridgehead atoms. The molecular weight excluding hydrogens is 332 g/mol. The molecule has 0 saturated carbocycles. The van der Waals surface area contributed by atoms with Crippen LogP contribution in [0.2, 0.25) is 0 Å². The average Bonchev–Trinajstić information content (AvgIpc) is 2.91. The fraction of sp³-hybridized carbons (Fsp3) is 0.278. The Hall–Kier alpha value is -2.08. The smallest absolute Gasteiger partial charge is 0.238 e. The van der Waals surface area contributed by atoms with Crippen molar-refractivity contribution in [3.8, 4) is 5.75 Å². The lowest BCUT2D eigenvalue weighted by Gasteiger charge is -2.26. The van der Waals surface area contributed by atoms with Crippen molar-refractivity contribution in [3.05, 3.63) is 58.7 Å². The molecule has 1 atom stereocenters. The Morgan fingerprint density at radius 1 is 1.17 bits per heavy atom. The van der Waals surface area contributed by atoms with Crippen LogP contribution in [0.15, 0.2) is 30.3 Å². The highest BCUT2D eigenvalue weighted by Gasteiger charge is 2.35. The standard InChI is InChI=1S/C18H17F2NO2S/c1-10-4-5-13(19)8-15(10)21-16(22)9-24-18(21)12-6-11(2)17(23-3)14(20)7-12/h4-8,18H,9H2,1-3H3. The van der Waals surface area contributed by atoms with Crippen molar-refractivity contribution in [3.63, 3.8) is 0 Å². The van der Waals surface area contributed by atoms with Gasteiger partial charge in [0.05, 0.1) is 18.6 Å². The lowest BCUT2D eigenvalue weighted by atomic mass is 10.1. The molecule has 1 unspecified atom stereocenters. The zero-order valence-corrected chi connectivity index (χ0v) is 14.4. The number of amides is 1. The van der Waals surface area contributed by atoms with Crippen LogP contribution in [0.1, 0.15) is 22.1 Å². The van der Waals surface area contributed by atoms with Gasteiger partial charge in [-0.1, -0.05) is 6.07 Å². The predicted molar refractivity (Wildman–Crippen MR) is 91.5 cm³/mol. The quantitative estimate of drug-likeness (QED) is 0.824. The molecular formula is C18H17F2NO2S. The number of carbonyl (C=O) groups excluding carboxylic acids is 1. The number of rotatable bonds is 3. The molecule has 0 radical (unpaired) electrons. The summed E-state index contributed by atoms with van der Waals surface area (Å²) < 4.78 is 32.9. The van der Waals surface area contributed by atoms with E-state index in [9.17, 15) is 13.6 Å². The molecule has 0 aliphatic carbocycles. The van der Waals surface area contributed by atoms with Crippen molar-refractivity contribution in [2.45, 2.75) is 19.2 Å². The van der Waals surface area contributed by atoms with Gasteiger partial charge < -0.3 is 4.74 Å². The molecule has 1 aliphatic heterocycles. The minimum atomic E-state index is -0.469. The van der Waals surface area contributed by atoms with Crippen LogP contribution in [0.3, 0.4) is 0 Å². The predicted octanol–water partition coefficient (Wildman–Crippen LogP) is 4.37. The minimum Gasteiger partial charge on any atom is -0.493 e. The molecule has 0 N–H and O–H groups in total. The monoisotopic (exact) mass is 349 g/mol. The first kappa shape index (κ1) is 16.8. The van der Waals surface area contributed by atoms with Gasteiger partial charge in [-0.25, -0.2) is 8.78 Å². The van der Waals surface area contributed by atoms with E-state index in [1.54, 1.807) is 24.0 Å². The SMILES string of the molecule is COc1c(C)cc(C2SCC(=O)N2c2cc(F)ccc2C)cc1F. The summed E-state index contributed by atoms with van der Waals surface area (Å²) in [5, 5.41) is -0.392. The van der Waals surface area contributed by atoms with Gasteiger partial charge in [0, 0.05) is 0 Å². The molecule has 1 heterocycles. The fourth-order valence-electron chi connectivity index (χ4n) is 2.93. The van der Waals surface area contributed by atoms with Gasteiger partial charge >= 0.3 is 0 Å². The Balaban J connectivity index is 2.07. The first-order valence-electron chi connectivity index (χ1n) is 7.46. The summed E-state index contributed by atoms with van der Waals surface area (Å²) in [7, 11) is 1.42. The van der Waals surface area contributed by atoms with E-state index in [0.717, 1.165) is 5.56 Å². The van der Waals surface area contributed by atoms with E-state index in [-0.39, 0.29) is 17.4 Å². The highest BCUT2D eigenvalue weighted by molar-refractivity contribution is 8.00. The third-order valence-electron chi connectivity index (χ3n) is 4.04. The molecule has 0 aromatic heterocycles. The van der Waals surface area contributed by atoms with Crippen LogP contribution in [0.5, 0.6) is 5.75 Å². The second-order valence-electron chi connectivity index (χ2n) is 5.71. The molecule has 2 aromatic carbocycles. The van der Waals surface area contributed by atoms with E-state index < -0.39 is 17.0 Å². The largest absolute Gasteiger partial charge is 0.493 e. The van der Waals surface area contributed by atoms with E-state index >= 15 is 0 Å². The zero-order chi connectivity index (χ0) is 17.4. The van der Waals surface area contributed by atoms with Crippen LogP contribution in [0.4, 0.5) is 14.5 Å². The van der Waals surface area contributed by atoms with Crippen molar-refractivity contribution < 1.29 is 18.3 Å². The second-order valence-corrected chi connectivity index (χ2v) is 6.78. The molecule has 3 rings (SSSR count). The highest BCUT2D eigenvalue weighted by Crippen LogP contribution is 2.44. The number of hydrogen-bond acceptors (Lipinski definition) is 3. The third-order valence-corrected chi connectivity index (χ3v) is 5.25. The summed E-state index contributed by atoms with van der Waals surface area (Å²) >= 11 is 1.40. The Bertz CT molecular complexity index is 787. The first-order chi connectivity index (χ1) is 11.4. The summed E-state index contributed by atoms with van der Waals surface area (Å²) in [5.41, 5.74) is 2.63. The third kappa shape index (κ3) is 2.86. The van der Waals surface area contributed by atoms with Crippen molar-refractivity contribution in [2.24, 2.45) is 0 Å². The van der Waals surface area contributed by atoms with Gasteiger partial charge in [-0.2, -0.15) is 0 Å². The molecule has 24 heavy (non-hydrogen) atoms. The van der Waals surface area contributed by atoms with Gasteiger partial charge in [0.15, 0.2) is 11.6 Å². The van der Waals surface area contributed by atoms with Crippen LogP contribution in [-0.2, 0) is 4.79 Å². The summed E-state index contributed by atoms with van der Waals surface area (Å²) in [6.07, 6.45) is 0. The Labute approximate surface area is 143 Å². The van der Waals surface area contributed by atoms with Crippen LogP contribution in [0, 0.1) is 25.5 Å². The molecule has 1 fully saturated rings. The maximum atomic E-state index is 14.2. The molecule has 1 saturated heterocycles. The van der Waals surface area contributed by atoms with Crippen LogP contribution >= 0.6 is 11.8 Å². The summed E-state index contributed by atoms with van der Waals surface area (Å²) in [6, 6.07) is 7.53. The number of thioether (sulfide) groups is 1. The van der Waals surface area contributed by atoms with Gasteiger partial charge in [-0.05, 0) is 54.8 Å². The number of ether oxygens (including phenoxy) is 1. The van der Waals surface area contributed by atoms with Gasteiger partial charge in [0.2, 0.25) is 5.91 Å². The number of benzene rings is 2. The maximum absolute atomic E-state index is 14.2. The second kappa shape index (κ2) is 6.43. The molecule has 2 aromatic rings. The summed E-state index contributed by atoms with van der Waals surface area (Å²) in [5.74, 6) is -0.526. The molecule has 0 spiro atoms. The molecule has 1 amide bonds. The summed E-state index contributed by atoms with van der Waals surface area (Å²) in [6.45, 7) is 3.58. The Morgan fingerprint density at radius 2 is 1.92 bits per heavy atom. The number of aryl methyl sites for hydroxylation is 2. The molecule has 3 nitrogen and oxygen atoms in total. The van der Waals surface area contributed by atoms with Crippen molar-refractivity contribution in [1.29, 1.82) is 0 Å². The lowest BCUT2D eigenvalue weighted by molar-refractivity contribution is -0.115. The van der Waals surface area contributed by atoms with E-state index in [4.69, 9.17) is 4.74 Å². The first-order valence-corrected chi connectivity index (χ1v) is 8.51. The topological polar surface area (TPSA) is 29.5 Å². The lowest BCUT2D eigenvalue weighted by Crippen LogP contribution is -2.28. The maximum Gasteiger partial charge on any atom is 0.238 e. The van der Waals surface area contributed by atoms with Gasteiger partial charge in [0.1, 0.15) is 11.2 Å². The van der Waals surface area contributed by atoms with Crippen LogP contribution in [0.25, 0.3) is 0 Å². The van der Waals surface area contributed by atoms with E-state index in [2.05, 4.69) is 0 Å². The molecule has 1 aliphatic rings. The van der Waals surface area contributed by atoms with Gasteiger partial charge in [-0.3, -0.25) is 9.69 Å². The van der Waals surface area contributed by atoms with Gasteiger partial charge in [-0.15, -0.1) is 11.8 Å². The Morgan fingerprint density at radius 3 is 2.58 bits per heavy atom. The average molecular weight is 349 g/mol. The fourth-order valence-corrected chi connectivity index (χ4v) is 4.08. The van der Waals surface area contributed by atoms with E-state index in [1.807, 2.05) is 6.92 Å². The van der Waals surface area contributed by atoms with E-state index in [0.29, 0.717) is 16.8 Å². The molecule has 6 heteroatoms. The Kier molecular flexibility index (Phi) is 4.49. The van der Waals surface area contributed by atoms with Crippen LogP contribution < -0.4 is 9.64 Å². The van der Waals surface area contributed by atoms with Crippen molar-refractivity contribution in [1.82, 2.24) is 0 Å². The number of carbonyl (C=O) groups is 1. The normalized spacial score (nSPS) is 17.5. The van der Waals surface area contributed by atoms with Crippen molar-refractivity contribution in [2.75, 3.05) is 17.8 Å². The highest BCUT2D eigenvalue weighted by atomic mass is 32.2. The number of halogens is 2. The van der Waals surface area contributed by atoms with Gasteiger partial charge in [0.25, 0.3) is 0 Å². The summed E-state index contributed by atoms with van der Waals surface area (Å²) in [4.78, 5) is 13.9.